The molecule has 1 amide bonds. The van der Waals surface area contributed by atoms with Gasteiger partial charge in [0.15, 0.2) is 0 Å². The normalized spacial score (nSPS) is 17.1. The average molecular weight is 388 g/mol. The fraction of sp³-hybridized carbons (Fsp3) is 0.350. The van der Waals surface area contributed by atoms with Gasteiger partial charge < -0.3 is 9.64 Å². The molecular weight excluding hydrogens is 366 g/mol. The number of carbonyl (C=O) groups excluding carboxylic acids is 1. The molecule has 1 atom stereocenters. The third kappa shape index (κ3) is 3.81. The maximum Gasteiger partial charge on any atom is 0.223 e. The molecule has 3 rings (SSSR count). The summed E-state index contributed by atoms with van der Waals surface area (Å²) >= 11 is 3.53. The first-order chi connectivity index (χ1) is 11.7. The second-order valence-electron chi connectivity index (χ2n) is 6.11. The maximum absolute atomic E-state index is 12.8. The minimum absolute atomic E-state index is 0.202. The lowest BCUT2D eigenvalue weighted by atomic mass is 10.0. The van der Waals surface area contributed by atoms with E-state index < -0.39 is 0 Å². The van der Waals surface area contributed by atoms with Gasteiger partial charge in [0.1, 0.15) is 5.75 Å². The highest BCUT2D eigenvalue weighted by molar-refractivity contribution is 9.10. The number of hydrogen-bond donors (Lipinski definition) is 0. The molecule has 1 aliphatic rings. The third-order valence-corrected chi connectivity index (χ3v) is 5.10. The van der Waals surface area contributed by atoms with Crippen LogP contribution in [-0.2, 0) is 11.2 Å². The van der Waals surface area contributed by atoms with Crippen LogP contribution in [0.1, 0.15) is 36.4 Å². The van der Waals surface area contributed by atoms with E-state index in [0.29, 0.717) is 12.8 Å². The molecule has 126 valence electrons. The van der Waals surface area contributed by atoms with E-state index in [4.69, 9.17) is 4.74 Å². The zero-order chi connectivity index (χ0) is 16.9. The summed E-state index contributed by atoms with van der Waals surface area (Å²) in [6.07, 6.45) is 3.34. The monoisotopic (exact) mass is 387 g/mol. The van der Waals surface area contributed by atoms with E-state index in [1.54, 1.807) is 7.11 Å². The Labute approximate surface area is 151 Å². The van der Waals surface area contributed by atoms with Crippen molar-refractivity contribution in [2.75, 3.05) is 13.7 Å². The van der Waals surface area contributed by atoms with Gasteiger partial charge in [-0.2, -0.15) is 0 Å². The molecule has 2 aromatic rings. The lowest BCUT2D eigenvalue weighted by molar-refractivity contribution is -0.132. The number of rotatable bonds is 5. The van der Waals surface area contributed by atoms with E-state index in [9.17, 15) is 4.79 Å². The summed E-state index contributed by atoms with van der Waals surface area (Å²) in [6, 6.07) is 16.4. The van der Waals surface area contributed by atoms with Crippen LogP contribution in [0.2, 0.25) is 0 Å². The summed E-state index contributed by atoms with van der Waals surface area (Å²) in [6.45, 7) is 0.849. The van der Waals surface area contributed by atoms with Crippen molar-refractivity contribution in [1.29, 1.82) is 0 Å². The quantitative estimate of drug-likeness (QED) is 0.740. The number of amides is 1. The van der Waals surface area contributed by atoms with Gasteiger partial charge in [0.25, 0.3) is 0 Å². The highest BCUT2D eigenvalue weighted by Gasteiger charge is 2.29. The molecule has 3 nitrogen and oxygen atoms in total. The van der Waals surface area contributed by atoms with E-state index in [1.165, 1.54) is 5.56 Å². The van der Waals surface area contributed by atoms with E-state index in [-0.39, 0.29) is 11.9 Å². The number of aryl methyl sites for hydroxylation is 1. The minimum Gasteiger partial charge on any atom is -0.496 e. The number of methoxy groups -OCH3 is 1. The van der Waals surface area contributed by atoms with Gasteiger partial charge in [-0.3, -0.25) is 4.79 Å². The Hall–Kier alpha value is -1.81. The molecule has 0 saturated carbocycles. The number of likely N-dealkylation sites (tertiary alicyclic amines) is 1. The minimum atomic E-state index is 0.202. The Morgan fingerprint density at radius 1 is 1.25 bits per heavy atom. The van der Waals surface area contributed by atoms with Crippen molar-refractivity contribution in [1.82, 2.24) is 4.90 Å². The number of hydrogen-bond acceptors (Lipinski definition) is 2. The zero-order valence-electron chi connectivity index (χ0n) is 13.9. The Morgan fingerprint density at radius 2 is 2.08 bits per heavy atom. The highest BCUT2D eigenvalue weighted by atomic mass is 79.9. The fourth-order valence-electron chi connectivity index (χ4n) is 3.42. The Bertz CT molecular complexity index is 716. The predicted octanol–water partition coefficient (Wildman–Crippen LogP) is 4.75. The molecule has 1 aliphatic heterocycles. The maximum atomic E-state index is 12.8. The van der Waals surface area contributed by atoms with Crippen molar-refractivity contribution in [3.05, 3.63) is 64.1 Å². The lowest BCUT2D eigenvalue weighted by Gasteiger charge is -2.25. The van der Waals surface area contributed by atoms with Crippen LogP contribution < -0.4 is 4.74 Å². The molecule has 0 aliphatic carbocycles. The third-order valence-electron chi connectivity index (χ3n) is 4.61. The smallest absolute Gasteiger partial charge is 0.223 e. The molecule has 1 fully saturated rings. The van der Waals surface area contributed by atoms with Crippen LogP contribution in [0, 0.1) is 0 Å². The van der Waals surface area contributed by atoms with Crippen molar-refractivity contribution in [2.45, 2.75) is 31.7 Å². The van der Waals surface area contributed by atoms with Crippen molar-refractivity contribution < 1.29 is 9.53 Å². The van der Waals surface area contributed by atoms with Gasteiger partial charge in [0.05, 0.1) is 13.2 Å². The second-order valence-corrected chi connectivity index (χ2v) is 7.03. The number of carbonyl (C=O) groups is 1. The number of nitrogens with zero attached hydrogens (tertiary/aromatic N) is 1. The first-order valence-electron chi connectivity index (χ1n) is 8.36. The van der Waals surface area contributed by atoms with E-state index in [0.717, 1.165) is 35.2 Å². The largest absolute Gasteiger partial charge is 0.496 e. The second kappa shape index (κ2) is 7.84. The fourth-order valence-corrected chi connectivity index (χ4v) is 3.84. The predicted molar refractivity (Wildman–Crippen MR) is 99.1 cm³/mol. The van der Waals surface area contributed by atoms with Crippen LogP contribution in [0.15, 0.2) is 53.0 Å². The van der Waals surface area contributed by atoms with Crippen LogP contribution in [0.25, 0.3) is 0 Å². The van der Waals surface area contributed by atoms with Gasteiger partial charge in [-0.1, -0.05) is 46.3 Å². The van der Waals surface area contributed by atoms with Crippen LogP contribution in [0.5, 0.6) is 5.75 Å². The number of halogens is 1. The topological polar surface area (TPSA) is 29.5 Å². The number of benzene rings is 2. The Morgan fingerprint density at radius 3 is 2.88 bits per heavy atom. The van der Waals surface area contributed by atoms with Crippen LogP contribution in [0.3, 0.4) is 0 Å². The molecule has 1 unspecified atom stereocenters. The van der Waals surface area contributed by atoms with Gasteiger partial charge in [-0.15, -0.1) is 0 Å². The molecule has 0 aromatic heterocycles. The molecule has 1 heterocycles. The zero-order valence-corrected chi connectivity index (χ0v) is 15.5. The lowest BCUT2D eigenvalue weighted by Crippen LogP contribution is -2.30. The van der Waals surface area contributed by atoms with Gasteiger partial charge in [0.2, 0.25) is 5.91 Å². The Balaban J connectivity index is 1.68. The van der Waals surface area contributed by atoms with E-state index >= 15 is 0 Å². The van der Waals surface area contributed by atoms with Crippen molar-refractivity contribution in [3.63, 3.8) is 0 Å². The molecule has 0 radical (unpaired) electrons. The summed E-state index contributed by atoms with van der Waals surface area (Å²) < 4.78 is 6.44. The summed E-state index contributed by atoms with van der Waals surface area (Å²) in [5, 5.41) is 0. The van der Waals surface area contributed by atoms with E-state index in [1.807, 2.05) is 41.3 Å². The first-order valence-corrected chi connectivity index (χ1v) is 9.15. The summed E-state index contributed by atoms with van der Waals surface area (Å²) in [5.74, 6) is 1.08. The van der Waals surface area contributed by atoms with Gasteiger partial charge in [-0.25, -0.2) is 0 Å². The molecule has 0 bridgehead atoms. The van der Waals surface area contributed by atoms with Gasteiger partial charge in [-0.05, 0) is 48.6 Å². The van der Waals surface area contributed by atoms with Crippen LogP contribution in [0.4, 0.5) is 0 Å². The van der Waals surface area contributed by atoms with Gasteiger partial charge >= 0.3 is 0 Å². The number of para-hydroxylation sites is 1. The average Bonchev–Trinajstić information content (AvgIpc) is 3.09. The van der Waals surface area contributed by atoms with Crippen LogP contribution >= 0.6 is 15.9 Å². The molecule has 4 heteroatoms. The Kier molecular flexibility index (Phi) is 5.56. The summed E-state index contributed by atoms with van der Waals surface area (Å²) in [4.78, 5) is 14.8. The molecule has 0 spiro atoms. The van der Waals surface area contributed by atoms with Crippen molar-refractivity contribution in [3.8, 4) is 5.75 Å². The van der Waals surface area contributed by atoms with Crippen molar-refractivity contribution >= 4 is 21.8 Å². The first kappa shape index (κ1) is 17.0. The van der Waals surface area contributed by atoms with E-state index in [2.05, 4.69) is 28.1 Å². The summed E-state index contributed by atoms with van der Waals surface area (Å²) in [5.41, 5.74) is 2.30. The molecule has 2 aromatic carbocycles. The molecular formula is C20H22BrNO2. The SMILES string of the molecule is COc1ccccc1CCC(=O)N1CCCC1c1cccc(Br)c1. The molecule has 24 heavy (non-hydrogen) atoms. The standard InChI is InChI=1S/C20H22BrNO2/c1-24-19-10-3-2-6-15(19)11-12-20(23)22-13-5-9-18(22)16-7-4-8-17(21)14-16/h2-4,6-8,10,14,18H,5,9,11-13H2,1H3. The summed E-state index contributed by atoms with van der Waals surface area (Å²) in [7, 11) is 1.67. The number of ether oxygens (including phenoxy) is 1. The van der Waals surface area contributed by atoms with Crippen molar-refractivity contribution in [2.24, 2.45) is 0 Å². The van der Waals surface area contributed by atoms with Gasteiger partial charge in [0, 0.05) is 17.4 Å². The molecule has 1 saturated heterocycles. The highest BCUT2D eigenvalue weighted by Crippen LogP contribution is 2.33. The van der Waals surface area contributed by atoms with Crippen LogP contribution in [-0.4, -0.2) is 24.5 Å². The molecule has 0 N–H and O–H groups in total.